The maximum Gasteiger partial charge on any atom is 0.416 e. The number of halogens is 3. The van der Waals surface area contributed by atoms with Crippen LogP contribution in [0.1, 0.15) is 39.9 Å². The zero-order chi connectivity index (χ0) is 19.6. The molecule has 0 radical (unpaired) electrons. The second-order valence-corrected chi connectivity index (χ2v) is 6.60. The van der Waals surface area contributed by atoms with Crippen LogP contribution < -0.4 is 5.32 Å². The molecule has 142 valence electrons. The first-order valence-electron chi connectivity index (χ1n) is 8.60. The van der Waals surface area contributed by atoms with Crippen molar-refractivity contribution in [1.82, 2.24) is 4.90 Å². The Morgan fingerprint density at radius 1 is 1.15 bits per heavy atom. The van der Waals surface area contributed by atoms with Gasteiger partial charge in [-0.25, -0.2) is 0 Å². The second kappa shape index (κ2) is 7.42. The Balaban J connectivity index is 1.68. The van der Waals surface area contributed by atoms with Crippen LogP contribution in [0, 0.1) is 6.92 Å². The van der Waals surface area contributed by atoms with E-state index in [-0.39, 0.29) is 17.2 Å². The van der Waals surface area contributed by atoms with Crippen LogP contribution in [0.2, 0.25) is 0 Å². The Morgan fingerprint density at radius 2 is 1.85 bits per heavy atom. The molecule has 4 nitrogen and oxygen atoms in total. The Labute approximate surface area is 155 Å². The Kier molecular flexibility index (Phi) is 5.21. The number of hydrogen-bond donors (Lipinski definition) is 1. The van der Waals surface area contributed by atoms with Gasteiger partial charge in [0.15, 0.2) is 0 Å². The fraction of sp³-hybridized carbons (Fsp3) is 0.300. The quantitative estimate of drug-likeness (QED) is 0.861. The summed E-state index contributed by atoms with van der Waals surface area (Å²) in [5.74, 6) is -0.368. The highest BCUT2D eigenvalue weighted by Crippen LogP contribution is 2.33. The third-order valence-corrected chi connectivity index (χ3v) is 4.56. The number of alkyl halides is 3. The molecule has 27 heavy (non-hydrogen) atoms. The van der Waals surface area contributed by atoms with E-state index in [4.69, 9.17) is 0 Å². The SMILES string of the molecule is Cc1ccc(NC(=O)c2ccc(CN3CCCC3=O)cc2)cc1C(F)(F)F. The normalized spacial score (nSPS) is 14.5. The molecule has 0 saturated carbocycles. The molecule has 1 heterocycles. The minimum atomic E-state index is -4.47. The average molecular weight is 376 g/mol. The number of carbonyl (C=O) groups is 2. The summed E-state index contributed by atoms with van der Waals surface area (Å²) in [6.45, 7) is 2.60. The fourth-order valence-electron chi connectivity index (χ4n) is 3.06. The highest BCUT2D eigenvalue weighted by molar-refractivity contribution is 6.04. The molecule has 2 aromatic rings. The molecule has 0 unspecified atom stereocenters. The summed E-state index contributed by atoms with van der Waals surface area (Å²) in [6.07, 6.45) is -3.05. The number of nitrogens with one attached hydrogen (secondary N) is 1. The molecule has 1 saturated heterocycles. The number of aryl methyl sites for hydroxylation is 1. The lowest BCUT2D eigenvalue weighted by molar-refractivity contribution is -0.138. The smallest absolute Gasteiger partial charge is 0.338 e. The predicted molar refractivity (Wildman–Crippen MR) is 95.2 cm³/mol. The van der Waals surface area contributed by atoms with Gasteiger partial charge in [0.05, 0.1) is 5.56 Å². The van der Waals surface area contributed by atoms with E-state index < -0.39 is 17.6 Å². The maximum atomic E-state index is 13.0. The van der Waals surface area contributed by atoms with Crippen LogP contribution in [0.25, 0.3) is 0 Å². The maximum absolute atomic E-state index is 13.0. The Morgan fingerprint density at radius 3 is 2.44 bits per heavy atom. The van der Waals surface area contributed by atoms with E-state index in [1.807, 2.05) is 0 Å². The van der Waals surface area contributed by atoms with Gasteiger partial charge in [-0.1, -0.05) is 18.2 Å². The van der Waals surface area contributed by atoms with Crippen molar-refractivity contribution >= 4 is 17.5 Å². The molecule has 2 aromatic carbocycles. The fourth-order valence-corrected chi connectivity index (χ4v) is 3.06. The molecule has 0 bridgehead atoms. The zero-order valence-corrected chi connectivity index (χ0v) is 14.8. The lowest BCUT2D eigenvalue weighted by atomic mass is 10.1. The summed E-state index contributed by atoms with van der Waals surface area (Å²) < 4.78 is 39.0. The predicted octanol–water partition coefficient (Wildman–Crippen LogP) is 4.39. The van der Waals surface area contributed by atoms with Crippen LogP contribution in [0.3, 0.4) is 0 Å². The standard InChI is InChI=1S/C20H19F3N2O2/c1-13-4-9-16(11-17(13)20(21,22)23)24-19(27)15-7-5-14(6-8-15)12-25-10-2-3-18(25)26/h4-9,11H,2-3,10,12H2,1H3,(H,24,27). The first-order valence-corrected chi connectivity index (χ1v) is 8.60. The van der Waals surface area contributed by atoms with Gasteiger partial charge in [0.2, 0.25) is 5.91 Å². The number of benzene rings is 2. The number of amides is 2. The van der Waals surface area contributed by atoms with Crippen molar-refractivity contribution in [2.75, 3.05) is 11.9 Å². The van der Waals surface area contributed by atoms with Crippen LogP contribution in [0.4, 0.5) is 18.9 Å². The third-order valence-electron chi connectivity index (χ3n) is 4.56. The van der Waals surface area contributed by atoms with Crippen LogP contribution >= 0.6 is 0 Å². The van der Waals surface area contributed by atoms with Gasteiger partial charge in [0.25, 0.3) is 5.91 Å². The molecule has 1 fully saturated rings. The lowest BCUT2D eigenvalue weighted by Gasteiger charge is -2.15. The third kappa shape index (κ3) is 4.48. The molecular formula is C20H19F3N2O2. The molecule has 7 heteroatoms. The van der Waals surface area contributed by atoms with E-state index >= 15 is 0 Å². The average Bonchev–Trinajstić information content (AvgIpc) is 3.01. The minimum Gasteiger partial charge on any atom is -0.338 e. The number of rotatable bonds is 4. The molecule has 1 aliphatic rings. The summed E-state index contributed by atoms with van der Waals surface area (Å²) >= 11 is 0. The molecule has 2 amide bonds. The van der Waals surface area contributed by atoms with Gasteiger partial charge in [-0.3, -0.25) is 9.59 Å². The first kappa shape index (κ1) is 18.9. The molecule has 1 N–H and O–H groups in total. The summed E-state index contributed by atoms with van der Waals surface area (Å²) in [4.78, 5) is 25.7. The van der Waals surface area contributed by atoms with Crippen molar-refractivity contribution in [3.63, 3.8) is 0 Å². The number of carbonyl (C=O) groups excluding carboxylic acids is 2. The molecule has 3 rings (SSSR count). The van der Waals surface area contributed by atoms with Crippen molar-refractivity contribution in [2.45, 2.75) is 32.5 Å². The van der Waals surface area contributed by atoms with Gasteiger partial charge in [0, 0.05) is 30.8 Å². The van der Waals surface area contributed by atoms with Crippen molar-refractivity contribution < 1.29 is 22.8 Å². The molecule has 0 spiro atoms. The van der Waals surface area contributed by atoms with Gasteiger partial charge in [-0.05, 0) is 48.7 Å². The largest absolute Gasteiger partial charge is 0.416 e. The monoisotopic (exact) mass is 376 g/mol. The molecule has 0 aliphatic carbocycles. The van der Waals surface area contributed by atoms with Crippen LogP contribution in [-0.2, 0) is 17.5 Å². The van der Waals surface area contributed by atoms with Gasteiger partial charge < -0.3 is 10.2 Å². The Hall–Kier alpha value is -2.83. The summed E-state index contributed by atoms with van der Waals surface area (Å²) in [6, 6.07) is 10.4. The van der Waals surface area contributed by atoms with Crippen LogP contribution in [0.15, 0.2) is 42.5 Å². The van der Waals surface area contributed by atoms with Crippen molar-refractivity contribution in [3.8, 4) is 0 Å². The van der Waals surface area contributed by atoms with Crippen molar-refractivity contribution in [3.05, 3.63) is 64.7 Å². The molecule has 1 aliphatic heterocycles. The van der Waals surface area contributed by atoms with Crippen molar-refractivity contribution in [2.24, 2.45) is 0 Å². The van der Waals surface area contributed by atoms with Crippen molar-refractivity contribution in [1.29, 1.82) is 0 Å². The highest BCUT2D eigenvalue weighted by Gasteiger charge is 2.32. The number of likely N-dealkylation sites (tertiary alicyclic amines) is 1. The minimum absolute atomic E-state index is 0.0877. The van der Waals surface area contributed by atoms with Gasteiger partial charge in [-0.2, -0.15) is 13.2 Å². The Bertz CT molecular complexity index is 861. The van der Waals surface area contributed by atoms with E-state index in [9.17, 15) is 22.8 Å². The van der Waals surface area contributed by atoms with Crippen LogP contribution in [0.5, 0.6) is 0 Å². The highest BCUT2D eigenvalue weighted by atomic mass is 19.4. The zero-order valence-electron chi connectivity index (χ0n) is 14.8. The first-order chi connectivity index (χ1) is 12.7. The van der Waals surface area contributed by atoms with Gasteiger partial charge in [0.1, 0.15) is 0 Å². The summed E-state index contributed by atoms with van der Waals surface area (Å²) in [5.41, 5.74) is 0.647. The lowest BCUT2D eigenvalue weighted by Crippen LogP contribution is -2.23. The summed E-state index contributed by atoms with van der Waals surface area (Å²) in [5, 5.41) is 2.49. The van der Waals surface area contributed by atoms with Gasteiger partial charge in [-0.15, -0.1) is 0 Å². The summed E-state index contributed by atoms with van der Waals surface area (Å²) in [7, 11) is 0. The van der Waals surface area contributed by atoms with E-state index in [1.54, 1.807) is 29.2 Å². The number of hydrogen-bond acceptors (Lipinski definition) is 2. The number of nitrogens with zero attached hydrogens (tertiary/aromatic N) is 1. The molecule has 0 aromatic heterocycles. The molecule has 0 atom stereocenters. The van der Waals surface area contributed by atoms with E-state index in [2.05, 4.69) is 5.32 Å². The molecular weight excluding hydrogens is 357 g/mol. The van der Waals surface area contributed by atoms with E-state index in [0.717, 1.165) is 24.6 Å². The van der Waals surface area contributed by atoms with Crippen LogP contribution in [-0.4, -0.2) is 23.3 Å². The van der Waals surface area contributed by atoms with Gasteiger partial charge >= 0.3 is 6.18 Å². The van der Waals surface area contributed by atoms with E-state index in [0.29, 0.717) is 18.5 Å². The topological polar surface area (TPSA) is 49.4 Å². The second-order valence-electron chi connectivity index (χ2n) is 6.60. The number of anilines is 1. The van der Waals surface area contributed by atoms with E-state index in [1.165, 1.54) is 19.1 Å².